The Morgan fingerprint density at radius 2 is 1.05 bits per heavy atom. The van der Waals surface area contributed by atoms with Crippen LogP contribution in [0.25, 0.3) is 0 Å². The molecular formula is C71H130N12O12. The molecule has 13 unspecified atom stereocenters. The van der Waals surface area contributed by atoms with Crippen LogP contribution in [0.5, 0.6) is 0 Å². The molecule has 1 saturated heterocycles. The Hall–Kier alpha value is -5.88. The molecule has 95 heavy (non-hydrogen) atoms. The highest BCUT2D eigenvalue weighted by atomic mass is 16.2. The second-order valence-corrected chi connectivity index (χ2v) is 29.7. The van der Waals surface area contributed by atoms with Gasteiger partial charge in [0.25, 0.3) is 0 Å². The largest absolute Gasteiger partial charge is 0.343 e. The minimum Gasteiger partial charge on any atom is -0.343 e. The van der Waals surface area contributed by atoms with E-state index >= 15 is 19.2 Å². The maximum Gasteiger partial charge on any atom is 0.246 e. The van der Waals surface area contributed by atoms with Gasteiger partial charge in [-0.05, 0) is 139 Å². The van der Waals surface area contributed by atoms with Crippen LogP contribution in [0.4, 0.5) is 0 Å². The zero-order chi connectivity index (χ0) is 73.3. The number of hydrogen-bond acceptors (Lipinski definition) is 15. The summed E-state index contributed by atoms with van der Waals surface area (Å²) in [5, 5.41) is 14.8. The first kappa shape index (κ1) is 87.1. The molecule has 0 saturated carbocycles. The van der Waals surface area contributed by atoms with Crippen LogP contribution in [-0.4, -0.2) is 234 Å². The topological polar surface area (TPSA) is 288 Å². The van der Waals surface area contributed by atoms with Crippen molar-refractivity contribution < 1.29 is 57.5 Å². The van der Waals surface area contributed by atoms with Crippen LogP contribution in [0.15, 0.2) is 0 Å². The van der Waals surface area contributed by atoms with Gasteiger partial charge in [-0.25, -0.2) is 0 Å². The summed E-state index contributed by atoms with van der Waals surface area (Å²) >= 11 is 0. The number of piperidine rings is 1. The number of nitrogens with zero attached hydrogens (tertiary/aromatic N) is 7. The number of amides is 9. The lowest BCUT2D eigenvalue weighted by atomic mass is 9.83. The lowest BCUT2D eigenvalue weighted by Crippen LogP contribution is -2.67. The molecule has 5 N–H and O–H groups in total. The van der Waals surface area contributed by atoms with Gasteiger partial charge in [-0.15, -0.1) is 0 Å². The zero-order valence-corrected chi connectivity index (χ0v) is 63.2. The highest BCUT2D eigenvalue weighted by Gasteiger charge is 2.47. The third-order valence-corrected chi connectivity index (χ3v) is 19.3. The van der Waals surface area contributed by atoms with Gasteiger partial charge in [-0.1, -0.05) is 117 Å². The molecular weight excluding hydrogens is 1210 g/mol. The molecule has 0 bridgehead atoms. The van der Waals surface area contributed by atoms with Gasteiger partial charge in [0.05, 0.1) is 18.1 Å². The second-order valence-electron chi connectivity index (χ2n) is 29.7. The van der Waals surface area contributed by atoms with Gasteiger partial charge in [0.1, 0.15) is 48.2 Å². The number of aldehydes is 3. The maximum absolute atomic E-state index is 15.6. The van der Waals surface area contributed by atoms with E-state index in [1.807, 2.05) is 81.1 Å². The molecule has 0 spiro atoms. The second kappa shape index (κ2) is 40.7. The van der Waals surface area contributed by atoms with Crippen LogP contribution < -0.4 is 26.6 Å². The fraction of sp³-hybridized carbons (Fsp3) is 0.831. The molecule has 9 amide bonds. The van der Waals surface area contributed by atoms with Crippen LogP contribution in [0.2, 0.25) is 0 Å². The summed E-state index contributed by atoms with van der Waals surface area (Å²) < 4.78 is 0. The van der Waals surface area contributed by atoms with E-state index in [9.17, 15) is 38.4 Å². The Morgan fingerprint density at radius 3 is 1.51 bits per heavy atom. The molecule has 13 atom stereocenters. The predicted octanol–water partition coefficient (Wildman–Crippen LogP) is 5.88. The Labute approximate surface area is 571 Å². The smallest absolute Gasteiger partial charge is 0.246 e. The molecule has 0 aromatic rings. The van der Waals surface area contributed by atoms with E-state index in [2.05, 4.69) is 26.6 Å². The average molecular weight is 1340 g/mol. The summed E-state index contributed by atoms with van der Waals surface area (Å²) in [5.41, 5.74) is -3.27. The first-order valence-corrected chi connectivity index (χ1v) is 35.3. The van der Waals surface area contributed by atoms with E-state index in [-0.39, 0.29) is 61.2 Å². The number of carbonyl (C=O) groups excluding carboxylic acids is 12. The number of carbonyl (C=O) groups is 12. The highest BCUT2D eigenvalue weighted by molar-refractivity contribution is 5.98. The molecule has 1 rings (SSSR count). The van der Waals surface area contributed by atoms with Crippen molar-refractivity contribution in [2.45, 2.75) is 274 Å². The summed E-state index contributed by atoms with van der Waals surface area (Å²) in [4.78, 5) is 180. The molecule has 24 nitrogen and oxygen atoms in total. The average Bonchev–Trinajstić information content (AvgIpc) is 0.804. The van der Waals surface area contributed by atoms with Gasteiger partial charge >= 0.3 is 0 Å². The SMILES string of the molecule is CCCC(NC(=O)C(C(C)C(C)CCCC(=O)N1CCCCC1)N(C)C(=O)C(C(C)C)N(C)C(=O)C(CCC(C)C)N(C)C(=O)C(C(C)C)N(C)C(=O)C(C)NC(C)(C=O)NC(=O)C(CC(C)C)NC)C(=O)N(C)C(CC)C(=O)N(C)C(C=O)(CC(C)C)NC(C=O)C(C)C. The molecule has 0 aromatic heterocycles. The molecule has 24 heteroatoms. The van der Waals surface area contributed by atoms with Gasteiger partial charge < -0.3 is 55.0 Å². The summed E-state index contributed by atoms with van der Waals surface area (Å²) in [7, 11) is 10.6. The van der Waals surface area contributed by atoms with Crippen molar-refractivity contribution in [3.8, 4) is 0 Å². The van der Waals surface area contributed by atoms with Crippen LogP contribution in [0, 0.1) is 47.3 Å². The van der Waals surface area contributed by atoms with E-state index < -0.39 is 131 Å². The first-order valence-electron chi connectivity index (χ1n) is 35.3. The van der Waals surface area contributed by atoms with Crippen molar-refractivity contribution in [3.63, 3.8) is 0 Å². The lowest BCUT2D eigenvalue weighted by Gasteiger charge is -2.44. The van der Waals surface area contributed by atoms with Crippen molar-refractivity contribution in [3.05, 3.63) is 0 Å². The van der Waals surface area contributed by atoms with E-state index in [4.69, 9.17) is 0 Å². The molecule has 1 aliphatic heterocycles. The minimum atomic E-state index is -1.66. The molecule has 1 heterocycles. The monoisotopic (exact) mass is 1340 g/mol. The Kier molecular flexibility index (Phi) is 37.4. The molecule has 1 fully saturated rings. The van der Waals surface area contributed by atoms with E-state index in [1.165, 1.54) is 85.5 Å². The fourth-order valence-electron chi connectivity index (χ4n) is 13.3. The van der Waals surface area contributed by atoms with E-state index in [0.717, 1.165) is 19.3 Å². The summed E-state index contributed by atoms with van der Waals surface area (Å²) in [6.07, 6.45) is 8.23. The molecule has 0 aliphatic carbocycles. The van der Waals surface area contributed by atoms with Crippen molar-refractivity contribution in [1.29, 1.82) is 0 Å². The number of likely N-dealkylation sites (N-methyl/N-ethyl adjacent to an activating group) is 7. The number of nitrogens with one attached hydrogen (secondary N) is 5. The fourth-order valence-corrected chi connectivity index (χ4v) is 13.3. The van der Waals surface area contributed by atoms with Gasteiger partial charge in [-0.2, -0.15) is 0 Å². The van der Waals surface area contributed by atoms with Crippen LogP contribution in [-0.2, 0) is 57.5 Å². The van der Waals surface area contributed by atoms with Gasteiger partial charge in [0.15, 0.2) is 18.2 Å². The normalized spacial score (nSPS) is 17.6. The molecule has 546 valence electrons. The van der Waals surface area contributed by atoms with Gasteiger partial charge in [0, 0.05) is 61.8 Å². The van der Waals surface area contributed by atoms with Crippen LogP contribution in [0.3, 0.4) is 0 Å². The van der Waals surface area contributed by atoms with Crippen molar-refractivity contribution in [2.75, 3.05) is 62.4 Å². The van der Waals surface area contributed by atoms with Crippen molar-refractivity contribution in [1.82, 2.24) is 60.9 Å². The van der Waals surface area contributed by atoms with Crippen LogP contribution >= 0.6 is 0 Å². The van der Waals surface area contributed by atoms with Crippen molar-refractivity contribution >= 4 is 72.0 Å². The third kappa shape index (κ3) is 24.9. The van der Waals surface area contributed by atoms with E-state index in [1.54, 1.807) is 41.7 Å². The van der Waals surface area contributed by atoms with Gasteiger partial charge in [0.2, 0.25) is 53.2 Å². The maximum atomic E-state index is 15.6. The zero-order valence-electron chi connectivity index (χ0n) is 63.2. The quantitative estimate of drug-likeness (QED) is 0.0352. The Morgan fingerprint density at radius 1 is 0.526 bits per heavy atom. The third-order valence-electron chi connectivity index (χ3n) is 19.3. The summed E-state index contributed by atoms with van der Waals surface area (Å²) in [6.45, 7) is 34.3. The first-order chi connectivity index (χ1) is 44.2. The molecule has 0 aromatic carbocycles. The number of likely N-dealkylation sites (tertiary alicyclic amines) is 1. The predicted molar refractivity (Wildman–Crippen MR) is 373 cm³/mol. The molecule has 0 radical (unpaired) electrons. The number of rotatable bonds is 43. The van der Waals surface area contributed by atoms with Crippen molar-refractivity contribution in [2.24, 2.45) is 47.3 Å². The Balaban J connectivity index is 3.97. The van der Waals surface area contributed by atoms with Gasteiger partial charge in [-0.3, -0.25) is 63.4 Å². The highest BCUT2D eigenvalue weighted by Crippen LogP contribution is 2.30. The summed E-state index contributed by atoms with van der Waals surface area (Å²) in [5.74, 6) is -6.40. The standard InChI is InChI=1S/C71H130N12O12/c1-26-32-53(65(91)77(20)56(27-2)67(93)82(25)71(43-86,40-46(7)8)75-55(41-84)47(9)10)73-63(89)61(51(16)50(15)33-31-34-58(87)83-37-29-28-30-38-83)81(24)69(95)60(49(13)14)80(23)66(92)57(36-35-44(3)4)78(21)68(94)59(48(11)12)79(22)64(90)52(17)74-70(18,42-85)76-62(88)54(72-19)39-45(5)6/h41-57,59-61,72,74-75H,26-40H2,1-25H3,(H,73,89)(H,76,88). The summed E-state index contributed by atoms with van der Waals surface area (Å²) in [6, 6.07) is -9.46. The Bertz CT molecular complexity index is 2510. The van der Waals surface area contributed by atoms with E-state index in [0.29, 0.717) is 70.5 Å². The number of hydrogen-bond donors (Lipinski definition) is 5. The molecule has 1 aliphatic rings. The minimum absolute atomic E-state index is 0.0660. The lowest BCUT2D eigenvalue weighted by molar-refractivity contribution is -0.157. The van der Waals surface area contributed by atoms with Crippen LogP contribution in [0.1, 0.15) is 208 Å².